The Morgan fingerprint density at radius 1 is 1.23 bits per heavy atom. The van der Waals surface area contributed by atoms with Crippen molar-refractivity contribution in [2.45, 2.75) is 25.3 Å². The molecule has 1 aromatic heterocycles. The molecule has 1 aliphatic carbocycles. The molecule has 5 heteroatoms. The molecule has 1 N–H and O–H groups in total. The molecule has 4 rings (SSSR count). The number of nitrogens with one attached hydrogen (secondary N) is 1. The van der Waals surface area contributed by atoms with Gasteiger partial charge in [-0.15, -0.1) is 0 Å². The third kappa shape index (κ3) is 2.36. The van der Waals surface area contributed by atoms with Crippen LogP contribution in [0.2, 0.25) is 0 Å². The van der Waals surface area contributed by atoms with Crippen molar-refractivity contribution in [1.82, 2.24) is 14.8 Å². The molecule has 22 heavy (non-hydrogen) atoms. The van der Waals surface area contributed by atoms with E-state index in [4.69, 9.17) is 0 Å². The molecule has 0 bridgehead atoms. The van der Waals surface area contributed by atoms with E-state index in [2.05, 4.69) is 4.98 Å². The fraction of sp³-hybridized carbons (Fsp3) is 0.412. The van der Waals surface area contributed by atoms with Gasteiger partial charge in [-0.1, -0.05) is 18.2 Å². The van der Waals surface area contributed by atoms with E-state index in [0.29, 0.717) is 25.6 Å². The third-order valence-corrected chi connectivity index (χ3v) is 4.61. The molecule has 0 unspecified atom stereocenters. The fourth-order valence-electron chi connectivity index (χ4n) is 3.22. The highest BCUT2D eigenvalue weighted by Gasteiger charge is 2.36. The molecule has 2 aromatic rings. The second kappa shape index (κ2) is 5.16. The van der Waals surface area contributed by atoms with Gasteiger partial charge in [-0.25, -0.2) is 0 Å². The first-order valence-electron chi connectivity index (χ1n) is 7.84. The molecule has 1 aromatic carbocycles. The van der Waals surface area contributed by atoms with Crippen molar-refractivity contribution in [3.63, 3.8) is 0 Å². The van der Waals surface area contributed by atoms with Crippen LogP contribution < -0.4 is 0 Å². The van der Waals surface area contributed by atoms with Crippen LogP contribution in [-0.2, 0) is 16.0 Å². The molecular weight excluding hydrogens is 278 g/mol. The Balaban J connectivity index is 1.45. The summed E-state index contributed by atoms with van der Waals surface area (Å²) >= 11 is 0. The van der Waals surface area contributed by atoms with Gasteiger partial charge in [0.2, 0.25) is 11.8 Å². The summed E-state index contributed by atoms with van der Waals surface area (Å²) in [5, 5.41) is 1.08. The van der Waals surface area contributed by atoms with Gasteiger partial charge in [0.15, 0.2) is 0 Å². The van der Waals surface area contributed by atoms with Crippen LogP contribution in [-0.4, -0.2) is 52.3 Å². The maximum atomic E-state index is 12.5. The zero-order chi connectivity index (χ0) is 15.1. The second-order valence-corrected chi connectivity index (χ2v) is 6.17. The molecule has 1 saturated carbocycles. The molecule has 114 valence electrons. The van der Waals surface area contributed by atoms with Crippen LogP contribution in [0.15, 0.2) is 30.5 Å². The molecule has 1 saturated heterocycles. The topological polar surface area (TPSA) is 56.4 Å². The monoisotopic (exact) mass is 297 g/mol. The number of benzene rings is 1. The smallest absolute Gasteiger partial charge is 0.242 e. The minimum Gasteiger partial charge on any atom is -0.361 e. The van der Waals surface area contributed by atoms with E-state index < -0.39 is 0 Å². The lowest BCUT2D eigenvalue weighted by Crippen LogP contribution is -2.53. The zero-order valence-corrected chi connectivity index (χ0v) is 12.4. The largest absolute Gasteiger partial charge is 0.361 e. The van der Waals surface area contributed by atoms with Gasteiger partial charge in [0.05, 0.1) is 13.0 Å². The standard InChI is InChI=1S/C17H19N3O2/c21-16(9-12-10-18-15-4-2-1-3-14(12)15)19-7-8-20(13-5-6-13)17(22)11-19/h1-4,10,13,18H,5-9,11H2. The number of hydrogen-bond acceptors (Lipinski definition) is 2. The number of rotatable bonds is 3. The van der Waals surface area contributed by atoms with Crippen LogP contribution in [0.25, 0.3) is 10.9 Å². The van der Waals surface area contributed by atoms with Gasteiger partial charge >= 0.3 is 0 Å². The Bertz CT molecular complexity index is 732. The highest BCUT2D eigenvalue weighted by Crippen LogP contribution is 2.28. The molecule has 2 heterocycles. The van der Waals surface area contributed by atoms with Crippen LogP contribution in [0.3, 0.4) is 0 Å². The summed E-state index contributed by atoms with van der Waals surface area (Å²) in [4.78, 5) is 31.4. The van der Waals surface area contributed by atoms with Gasteiger partial charge in [0.1, 0.15) is 0 Å². The zero-order valence-electron chi connectivity index (χ0n) is 12.4. The summed E-state index contributed by atoms with van der Waals surface area (Å²) in [6.45, 7) is 1.57. The van der Waals surface area contributed by atoms with Crippen molar-refractivity contribution >= 4 is 22.7 Å². The van der Waals surface area contributed by atoms with Crippen molar-refractivity contribution in [2.75, 3.05) is 19.6 Å². The van der Waals surface area contributed by atoms with E-state index >= 15 is 0 Å². The van der Waals surface area contributed by atoms with Crippen molar-refractivity contribution in [1.29, 1.82) is 0 Å². The van der Waals surface area contributed by atoms with Crippen molar-refractivity contribution < 1.29 is 9.59 Å². The summed E-state index contributed by atoms with van der Waals surface area (Å²) in [6, 6.07) is 8.41. The van der Waals surface area contributed by atoms with Crippen LogP contribution in [0.1, 0.15) is 18.4 Å². The summed E-state index contributed by atoms with van der Waals surface area (Å²) < 4.78 is 0. The lowest BCUT2D eigenvalue weighted by Gasteiger charge is -2.34. The van der Waals surface area contributed by atoms with Crippen LogP contribution in [0.4, 0.5) is 0 Å². The molecule has 0 atom stereocenters. The number of carbonyl (C=O) groups excluding carboxylic acids is 2. The predicted molar refractivity (Wildman–Crippen MR) is 83.3 cm³/mol. The minimum atomic E-state index is 0.0357. The molecule has 2 amide bonds. The number of para-hydroxylation sites is 1. The molecule has 1 aliphatic heterocycles. The first-order valence-corrected chi connectivity index (χ1v) is 7.84. The number of H-pyrrole nitrogens is 1. The Morgan fingerprint density at radius 2 is 2.05 bits per heavy atom. The number of amides is 2. The van der Waals surface area contributed by atoms with Crippen LogP contribution in [0.5, 0.6) is 0 Å². The minimum absolute atomic E-state index is 0.0357. The predicted octanol–water partition coefficient (Wildman–Crippen LogP) is 1.54. The van der Waals surface area contributed by atoms with Crippen LogP contribution >= 0.6 is 0 Å². The SMILES string of the molecule is O=C(Cc1c[nH]c2ccccc12)N1CCN(C2CC2)C(=O)C1. The first-order chi connectivity index (χ1) is 10.7. The fourth-order valence-corrected chi connectivity index (χ4v) is 3.22. The Kier molecular flexibility index (Phi) is 3.13. The molecule has 5 nitrogen and oxygen atoms in total. The Morgan fingerprint density at radius 3 is 2.82 bits per heavy atom. The maximum absolute atomic E-state index is 12.5. The van der Waals surface area contributed by atoms with Crippen LogP contribution in [0, 0.1) is 0 Å². The van der Waals surface area contributed by atoms with E-state index in [1.54, 1.807) is 4.90 Å². The average Bonchev–Trinajstić information content (AvgIpc) is 3.29. The van der Waals surface area contributed by atoms with Crippen molar-refractivity contribution in [3.8, 4) is 0 Å². The Hall–Kier alpha value is -2.30. The normalized spacial score (nSPS) is 19.0. The van der Waals surface area contributed by atoms with Gasteiger partial charge in [0, 0.05) is 36.2 Å². The summed E-state index contributed by atoms with van der Waals surface area (Å²) in [7, 11) is 0. The number of aromatic amines is 1. The summed E-state index contributed by atoms with van der Waals surface area (Å²) in [5.41, 5.74) is 2.04. The maximum Gasteiger partial charge on any atom is 0.242 e. The number of carbonyl (C=O) groups is 2. The summed E-state index contributed by atoms with van der Waals surface area (Å²) in [6.07, 6.45) is 4.48. The third-order valence-electron chi connectivity index (χ3n) is 4.61. The number of piperazine rings is 1. The number of aromatic nitrogens is 1. The van der Waals surface area contributed by atoms with E-state index in [9.17, 15) is 9.59 Å². The average molecular weight is 297 g/mol. The number of fused-ring (bicyclic) bond motifs is 1. The number of hydrogen-bond donors (Lipinski definition) is 1. The molecule has 2 aliphatic rings. The highest BCUT2D eigenvalue weighted by molar-refractivity contribution is 5.91. The van der Waals surface area contributed by atoms with Crippen molar-refractivity contribution in [2.24, 2.45) is 0 Å². The molecule has 0 radical (unpaired) electrons. The second-order valence-electron chi connectivity index (χ2n) is 6.17. The lowest BCUT2D eigenvalue weighted by atomic mass is 10.1. The van der Waals surface area contributed by atoms with Gasteiger partial charge < -0.3 is 14.8 Å². The van der Waals surface area contributed by atoms with Gasteiger partial charge in [-0.05, 0) is 24.5 Å². The van der Waals surface area contributed by atoms with E-state index in [0.717, 1.165) is 29.3 Å². The first kappa shape index (κ1) is 13.4. The van der Waals surface area contributed by atoms with E-state index in [1.165, 1.54) is 0 Å². The molecule has 0 spiro atoms. The van der Waals surface area contributed by atoms with E-state index in [1.807, 2.05) is 35.4 Å². The van der Waals surface area contributed by atoms with Gasteiger partial charge in [-0.3, -0.25) is 9.59 Å². The molecular formula is C17H19N3O2. The van der Waals surface area contributed by atoms with Crippen molar-refractivity contribution in [3.05, 3.63) is 36.0 Å². The van der Waals surface area contributed by atoms with Gasteiger partial charge in [0.25, 0.3) is 0 Å². The van der Waals surface area contributed by atoms with Gasteiger partial charge in [-0.2, -0.15) is 0 Å². The Labute approximate surface area is 128 Å². The lowest BCUT2D eigenvalue weighted by molar-refractivity contribution is -0.145. The summed E-state index contributed by atoms with van der Waals surface area (Å²) in [5.74, 6) is 0.134. The van der Waals surface area contributed by atoms with E-state index in [-0.39, 0.29) is 18.4 Å². The number of nitrogens with zero attached hydrogens (tertiary/aromatic N) is 2. The molecule has 2 fully saturated rings. The quantitative estimate of drug-likeness (QED) is 0.934. The highest BCUT2D eigenvalue weighted by atomic mass is 16.2.